The number of pyridine rings is 2. The molecule has 1 amide bonds. The van der Waals surface area contributed by atoms with Crippen molar-refractivity contribution in [1.29, 1.82) is 0 Å². The SMILES string of the molecule is NC(=O)c1cnccn1.O[n+]1ccccc1[S-].O[n+]1ccccc1[S-].[Zn]. The van der Waals surface area contributed by atoms with E-state index in [-0.39, 0.29) is 25.2 Å². The third kappa shape index (κ3) is 9.12. The fraction of sp³-hybridized carbons (Fsp3) is 0. The number of carbonyl (C=O) groups excluding carboxylic acids is 1. The van der Waals surface area contributed by atoms with Crippen LogP contribution >= 0.6 is 0 Å². The van der Waals surface area contributed by atoms with E-state index >= 15 is 0 Å². The Bertz CT molecular complexity index is 727. The molecule has 3 rings (SSSR count). The number of carbonyl (C=O) groups is 1. The van der Waals surface area contributed by atoms with Crippen molar-refractivity contribution >= 4 is 31.2 Å². The van der Waals surface area contributed by atoms with Gasteiger partial charge in [-0.15, -0.1) is 0 Å². The van der Waals surface area contributed by atoms with Gasteiger partial charge in [-0.3, -0.25) is 20.2 Å². The summed E-state index contributed by atoms with van der Waals surface area (Å²) >= 11 is 9.33. The van der Waals surface area contributed by atoms with Gasteiger partial charge in [0, 0.05) is 44.0 Å². The zero-order chi connectivity index (χ0) is 18.7. The molecule has 26 heavy (non-hydrogen) atoms. The van der Waals surface area contributed by atoms with Crippen LogP contribution in [0.15, 0.2) is 77.4 Å². The van der Waals surface area contributed by atoms with Gasteiger partial charge in [-0.2, -0.15) is 0 Å². The fourth-order valence-electron chi connectivity index (χ4n) is 1.26. The van der Waals surface area contributed by atoms with Gasteiger partial charge in [0.15, 0.2) is 0 Å². The molecule has 3 heterocycles. The van der Waals surface area contributed by atoms with Gasteiger partial charge in [0.1, 0.15) is 15.7 Å². The molecule has 3 aromatic rings. The largest absolute Gasteiger partial charge is 0.705 e. The quantitative estimate of drug-likeness (QED) is 0.207. The van der Waals surface area contributed by atoms with Crippen molar-refractivity contribution in [3.8, 4) is 0 Å². The van der Waals surface area contributed by atoms with E-state index in [2.05, 4.69) is 35.2 Å². The number of nitrogens with zero attached hydrogens (tertiary/aromatic N) is 4. The van der Waals surface area contributed by atoms with E-state index in [4.69, 9.17) is 16.1 Å². The van der Waals surface area contributed by atoms with E-state index in [0.717, 1.165) is 9.46 Å². The van der Waals surface area contributed by atoms with E-state index in [9.17, 15) is 4.79 Å². The van der Waals surface area contributed by atoms with Crippen LogP contribution < -0.4 is 15.2 Å². The minimum absolute atomic E-state index is 0. The van der Waals surface area contributed by atoms with Crippen LogP contribution in [0.4, 0.5) is 0 Å². The van der Waals surface area contributed by atoms with Crippen molar-refractivity contribution in [2.45, 2.75) is 10.1 Å². The molecule has 0 spiro atoms. The molecule has 132 valence electrons. The Hall–Kier alpha value is -2.49. The molecule has 0 radical (unpaired) electrons. The number of amides is 1. The number of primary amides is 1. The summed E-state index contributed by atoms with van der Waals surface area (Å²) < 4.78 is 1.80. The predicted octanol–water partition coefficient (Wildman–Crippen LogP) is -0.193. The summed E-state index contributed by atoms with van der Waals surface area (Å²) in [6.45, 7) is 0. The molecule has 0 atom stereocenters. The van der Waals surface area contributed by atoms with Gasteiger partial charge in [-0.1, -0.05) is 12.1 Å². The van der Waals surface area contributed by atoms with Crippen molar-refractivity contribution in [3.63, 3.8) is 0 Å². The molecule has 0 aromatic carbocycles. The zero-order valence-electron chi connectivity index (χ0n) is 13.5. The fourth-order valence-corrected chi connectivity index (χ4v) is 1.54. The summed E-state index contributed by atoms with van der Waals surface area (Å²) in [4.78, 5) is 17.6. The summed E-state index contributed by atoms with van der Waals surface area (Å²) in [5.74, 6) is -0.553. The van der Waals surface area contributed by atoms with Crippen molar-refractivity contribution in [1.82, 2.24) is 9.97 Å². The smallest absolute Gasteiger partial charge is 0.268 e. The van der Waals surface area contributed by atoms with Crippen LogP contribution in [0.3, 0.4) is 0 Å². The molecule has 0 aliphatic rings. The second kappa shape index (κ2) is 12.8. The average molecular weight is 443 g/mol. The van der Waals surface area contributed by atoms with E-state index in [1.165, 1.54) is 31.0 Å². The second-order valence-corrected chi connectivity index (χ2v) is 5.06. The standard InChI is InChI=1S/C5H5N3O.2C5H5NOS.Zn/c6-5(9)4-3-7-1-2-8-4;2*7-6-4-2-1-3-5(6)8;/h1-3H,(H2,6,9);2*1-4,7H;. The Kier molecular flexibility index (Phi) is 11.6. The third-order valence-electron chi connectivity index (χ3n) is 2.42. The van der Waals surface area contributed by atoms with Crippen molar-refractivity contribution in [2.24, 2.45) is 5.73 Å². The van der Waals surface area contributed by atoms with Gasteiger partial charge in [0.2, 0.25) is 12.4 Å². The number of rotatable bonds is 1. The van der Waals surface area contributed by atoms with Crippen molar-refractivity contribution in [3.05, 3.63) is 73.1 Å². The predicted molar refractivity (Wildman–Crippen MR) is 89.5 cm³/mol. The van der Waals surface area contributed by atoms with Crippen LogP contribution in [0.5, 0.6) is 0 Å². The first-order valence-corrected chi connectivity index (χ1v) is 7.53. The molecule has 0 aliphatic carbocycles. The van der Waals surface area contributed by atoms with Crippen molar-refractivity contribution in [2.75, 3.05) is 0 Å². The van der Waals surface area contributed by atoms with E-state index in [1.54, 1.807) is 36.4 Å². The van der Waals surface area contributed by atoms with Crippen LogP contribution in [-0.2, 0) is 44.7 Å². The zero-order valence-corrected chi connectivity index (χ0v) is 18.1. The Balaban J connectivity index is 0.000000355. The summed E-state index contributed by atoms with van der Waals surface area (Å²) in [7, 11) is 0. The molecule has 0 aliphatic heterocycles. The number of hydrogen-bond donors (Lipinski definition) is 3. The molecular formula is C15H15N5O3S2Zn. The maximum absolute atomic E-state index is 10.3. The van der Waals surface area contributed by atoms with Crippen LogP contribution in [-0.4, -0.2) is 26.3 Å². The first-order chi connectivity index (χ1) is 11.9. The second-order valence-electron chi connectivity index (χ2n) is 4.22. The van der Waals surface area contributed by atoms with E-state index < -0.39 is 5.91 Å². The Morgan fingerprint density at radius 1 is 0.962 bits per heavy atom. The molecule has 0 fully saturated rings. The first kappa shape index (κ1) is 23.5. The third-order valence-corrected chi connectivity index (χ3v) is 3.07. The molecule has 0 saturated carbocycles. The number of nitrogens with two attached hydrogens (primary N) is 1. The number of hydrogen-bond acceptors (Lipinski definition) is 7. The summed E-state index contributed by atoms with van der Waals surface area (Å²) in [5, 5.41) is 18.3. The monoisotopic (exact) mass is 441 g/mol. The summed E-state index contributed by atoms with van der Waals surface area (Å²) in [6, 6.07) is 10.3. The topological polar surface area (TPSA) is 117 Å². The van der Waals surface area contributed by atoms with Crippen LogP contribution in [0, 0.1) is 0 Å². The molecule has 0 bridgehead atoms. The van der Waals surface area contributed by atoms with Crippen molar-refractivity contribution < 1.29 is 44.1 Å². The van der Waals surface area contributed by atoms with E-state index in [1.807, 2.05) is 0 Å². The summed E-state index contributed by atoms with van der Waals surface area (Å²) in [6.07, 6.45) is 7.19. The molecule has 0 saturated heterocycles. The maximum Gasteiger partial charge on any atom is 0.268 e. The van der Waals surface area contributed by atoms with Crippen LogP contribution in [0.2, 0.25) is 0 Å². The Labute approximate surface area is 173 Å². The van der Waals surface area contributed by atoms with Gasteiger partial charge < -0.3 is 31.0 Å². The number of aromatic nitrogens is 4. The molecule has 0 unspecified atom stereocenters. The van der Waals surface area contributed by atoms with Crippen LogP contribution in [0.1, 0.15) is 10.5 Å². The van der Waals surface area contributed by atoms with Gasteiger partial charge in [0.25, 0.3) is 5.91 Å². The normalized spacial score (nSPS) is 8.62. The minimum Gasteiger partial charge on any atom is -0.705 e. The first-order valence-electron chi connectivity index (χ1n) is 6.71. The van der Waals surface area contributed by atoms with Gasteiger partial charge in [-0.05, 0) is 21.6 Å². The minimum atomic E-state index is -0.553. The molecular weight excluding hydrogens is 428 g/mol. The van der Waals surface area contributed by atoms with E-state index in [0.29, 0.717) is 10.1 Å². The molecule has 8 nitrogen and oxygen atoms in total. The maximum atomic E-state index is 10.3. The Morgan fingerprint density at radius 3 is 1.69 bits per heavy atom. The van der Waals surface area contributed by atoms with Crippen LogP contribution in [0.25, 0.3) is 0 Å². The molecule has 3 aromatic heterocycles. The summed E-state index contributed by atoms with van der Waals surface area (Å²) in [5.41, 5.74) is 5.06. The molecule has 11 heteroatoms. The Morgan fingerprint density at radius 2 is 1.46 bits per heavy atom. The van der Waals surface area contributed by atoms with Gasteiger partial charge >= 0.3 is 0 Å². The molecule has 4 N–H and O–H groups in total. The van der Waals surface area contributed by atoms with Gasteiger partial charge in [0.05, 0.1) is 6.20 Å². The van der Waals surface area contributed by atoms with Gasteiger partial charge in [-0.25, -0.2) is 4.98 Å². The average Bonchev–Trinajstić information content (AvgIpc) is 2.62.